The molecule has 25 heavy (non-hydrogen) atoms. The van der Waals surface area contributed by atoms with E-state index in [1.54, 1.807) is 12.1 Å². The third-order valence-corrected chi connectivity index (χ3v) is 4.06. The quantitative estimate of drug-likeness (QED) is 0.639. The van der Waals surface area contributed by atoms with Gasteiger partial charge in [-0.3, -0.25) is 24.4 Å². The number of halogens is 1. The Balaban J connectivity index is 1.98. The summed E-state index contributed by atoms with van der Waals surface area (Å²) in [5, 5.41) is 5.23. The number of methoxy groups -OCH3 is 1. The van der Waals surface area contributed by atoms with Crippen molar-refractivity contribution < 1.29 is 14.3 Å². The molecule has 1 atom stereocenters. The summed E-state index contributed by atoms with van der Waals surface area (Å²) in [4.78, 5) is 52.2. The lowest BCUT2D eigenvalue weighted by Gasteiger charge is -2.23. The normalized spacial score (nSPS) is 15.9. The molecule has 2 heterocycles. The van der Waals surface area contributed by atoms with Gasteiger partial charge in [-0.2, -0.15) is 0 Å². The van der Waals surface area contributed by atoms with Gasteiger partial charge in [-0.05, 0) is 12.1 Å². The van der Waals surface area contributed by atoms with E-state index in [9.17, 15) is 19.2 Å². The van der Waals surface area contributed by atoms with Gasteiger partial charge in [-0.15, -0.1) is 0 Å². The van der Waals surface area contributed by atoms with E-state index in [2.05, 4.69) is 15.6 Å². The van der Waals surface area contributed by atoms with Crippen LogP contribution in [0.5, 0.6) is 5.75 Å². The molecule has 9 nitrogen and oxygen atoms in total. The van der Waals surface area contributed by atoms with Crippen LogP contribution in [0.3, 0.4) is 0 Å². The smallest absolute Gasteiger partial charge is 0.327 e. The Hall–Kier alpha value is -3.07. The molecule has 3 rings (SSSR count). The molecule has 0 spiro atoms. The number of rotatable bonds is 3. The zero-order valence-corrected chi connectivity index (χ0v) is 13.7. The minimum Gasteiger partial charge on any atom is -0.497 e. The Morgan fingerprint density at radius 2 is 2.04 bits per heavy atom. The molecule has 10 heteroatoms. The fourth-order valence-electron chi connectivity index (χ4n) is 2.58. The first-order chi connectivity index (χ1) is 11.9. The number of nitrogens with one attached hydrogen (secondary N) is 4. The average Bonchev–Trinajstić information content (AvgIpc) is 2.55. The lowest BCUT2D eigenvalue weighted by Crippen LogP contribution is -2.39. The number of carbonyl (C=O) groups excluding carboxylic acids is 2. The first-order valence-electron chi connectivity index (χ1n) is 7.20. The molecule has 0 fully saturated rings. The molecular formula is C15H13ClN4O5. The van der Waals surface area contributed by atoms with Crippen LogP contribution in [-0.2, 0) is 9.59 Å². The minimum absolute atomic E-state index is 0.0179. The summed E-state index contributed by atoms with van der Waals surface area (Å²) < 4.78 is 5.07. The van der Waals surface area contributed by atoms with Gasteiger partial charge in [0, 0.05) is 12.5 Å². The van der Waals surface area contributed by atoms with Crippen molar-refractivity contribution in [2.24, 2.45) is 0 Å². The fraction of sp³-hybridized carbons (Fsp3) is 0.200. The van der Waals surface area contributed by atoms with Crippen molar-refractivity contribution in [3.8, 4) is 5.75 Å². The summed E-state index contributed by atoms with van der Waals surface area (Å²) in [6.07, 6.45) is -0.241. The van der Waals surface area contributed by atoms with Crippen molar-refractivity contribution in [2.75, 3.05) is 17.7 Å². The molecule has 1 aliphatic rings. The van der Waals surface area contributed by atoms with Crippen LogP contribution >= 0.6 is 11.6 Å². The Morgan fingerprint density at radius 1 is 1.28 bits per heavy atom. The monoisotopic (exact) mass is 364 g/mol. The minimum atomic E-state index is -1.08. The van der Waals surface area contributed by atoms with Gasteiger partial charge in [0.1, 0.15) is 11.6 Å². The Bertz CT molecular complexity index is 981. The number of aromatic nitrogens is 2. The fourth-order valence-corrected chi connectivity index (χ4v) is 2.74. The molecule has 2 aromatic rings. The third-order valence-electron chi connectivity index (χ3n) is 3.73. The molecule has 1 aliphatic heterocycles. The standard InChI is InChI=1S/C15H13ClN4O5/c1-25-6-2-3-8(16)9(4-6)17-13(22)7-5-10(21)18-12-11(7)14(23)20-15(24)19-12/h2-4,7H,5H2,1H3,(H,17,22)(H3,18,19,20,21,23,24)/t7-/m0/s1. The van der Waals surface area contributed by atoms with Gasteiger partial charge < -0.3 is 15.4 Å². The van der Waals surface area contributed by atoms with Gasteiger partial charge >= 0.3 is 5.69 Å². The molecule has 0 radical (unpaired) electrons. The SMILES string of the molecule is COc1ccc(Cl)c(NC(=O)[C@H]2CC(=O)Nc3[nH]c(=O)[nH]c(=O)c32)c1. The molecule has 0 bridgehead atoms. The van der Waals surface area contributed by atoms with Gasteiger partial charge in [0.2, 0.25) is 11.8 Å². The zero-order valence-electron chi connectivity index (χ0n) is 12.9. The van der Waals surface area contributed by atoms with Gasteiger partial charge in [0.05, 0.1) is 29.3 Å². The molecule has 0 saturated heterocycles. The highest BCUT2D eigenvalue weighted by Crippen LogP contribution is 2.31. The number of fused-ring (bicyclic) bond motifs is 1. The molecule has 0 unspecified atom stereocenters. The zero-order chi connectivity index (χ0) is 18.1. The largest absolute Gasteiger partial charge is 0.497 e. The topological polar surface area (TPSA) is 133 Å². The number of H-pyrrole nitrogens is 2. The third kappa shape index (κ3) is 3.26. The van der Waals surface area contributed by atoms with Crippen LogP contribution in [0, 0.1) is 0 Å². The van der Waals surface area contributed by atoms with E-state index in [4.69, 9.17) is 16.3 Å². The van der Waals surface area contributed by atoms with E-state index in [1.165, 1.54) is 13.2 Å². The van der Waals surface area contributed by atoms with E-state index in [-0.39, 0.29) is 28.5 Å². The van der Waals surface area contributed by atoms with Crippen LogP contribution in [0.15, 0.2) is 27.8 Å². The Kier molecular flexibility index (Phi) is 4.32. The van der Waals surface area contributed by atoms with E-state index in [0.717, 1.165) is 0 Å². The van der Waals surface area contributed by atoms with Gasteiger partial charge in [0.25, 0.3) is 5.56 Å². The molecule has 4 N–H and O–H groups in total. The maximum atomic E-state index is 12.6. The summed E-state index contributed by atoms with van der Waals surface area (Å²) in [5.41, 5.74) is -1.26. The van der Waals surface area contributed by atoms with Crippen molar-refractivity contribution in [3.05, 3.63) is 49.6 Å². The summed E-state index contributed by atoms with van der Waals surface area (Å²) in [6, 6.07) is 4.68. The average molecular weight is 365 g/mol. The number of amides is 2. The number of carbonyl (C=O) groups is 2. The lowest BCUT2D eigenvalue weighted by atomic mass is 9.92. The van der Waals surface area contributed by atoms with Gasteiger partial charge in [-0.1, -0.05) is 11.6 Å². The van der Waals surface area contributed by atoms with Crippen LogP contribution in [0.25, 0.3) is 0 Å². The predicted octanol–water partition coefficient (Wildman–Crippen LogP) is 0.790. The summed E-state index contributed by atoms with van der Waals surface area (Å²) in [7, 11) is 1.46. The van der Waals surface area contributed by atoms with Crippen molar-refractivity contribution in [1.29, 1.82) is 0 Å². The summed E-state index contributed by atoms with van der Waals surface area (Å²) in [6.45, 7) is 0. The van der Waals surface area contributed by atoms with E-state index in [1.807, 2.05) is 4.98 Å². The van der Waals surface area contributed by atoms with Gasteiger partial charge in [0.15, 0.2) is 0 Å². The van der Waals surface area contributed by atoms with Crippen molar-refractivity contribution in [1.82, 2.24) is 9.97 Å². The second kappa shape index (κ2) is 6.44. The highest BCUT2D eigenvalue weighted by molar-refractivity contribution is 6.33. The van der Waals surface area contributed by atoms with E-state index < -0.39 is 29.0 Å². The molecule has 2 amide bonds. The van der Waals surface area contributed by atoms with E-state index in [0.29, 0.717) is 5.75 Å². The van der Waals surface area contributed by atoms with Crippen molar-refractivity contribution in [2.45, 2.75) is 12.3 Å². The van der Waals surface area contributed by atoms with Crippen molar-refractivity contribution in [3.63, 3.8) is 0 Å². The molecule has 130 valence electrons. The number of ether oxygens (including phenoxy) is 1. The first-order valence-corrected chi connectivity index (χ1v) is 7.57. The van der Waals surface area contributed by atoms with Crippen LogP contribution in [-0.4, -0.2) is 28.9 Å². The number of hydrogen-bond donors (Lipinski definition) is 4. The van der Waals surface area contributed by atoms with Crippen LogP contribution in [0.4, 0.5) is 11.5 Å². The molecular weight excluding hydrogens is 352 g/mol. The molecule has 1 aromatic carbocycles. The highest BCUT2D eigenvalue weighted by atomic mass is 35.5. The van der Waals surface area contributed by atoms with Crippen LogP contribution in [0.1, 0.15) is 17.9 Å². The number of hydrogen-bond acceptors (Lipinski definition) is 5. The second-order valence-electron chi connectivity index (χ2n) is 5.34. The Morgan fingerprint density at radius 3 is 2.76 bits per heavy atom. The second-order valence-corrected chi connectivity index (χ2v) is 5.74. The lowest BCUT2D eigenvalue weighted by molar-refractivity contribution is -0.123. The van der Waals surface area contributed by atoms with E-state index >= 15 is 0 Å². The van der Waals surface area contributed by atoms with Crippen molar-refractivity contribution >= 4 is 34.9 Å². The van der Waals surface area contributed by atoms with Gasteiger partial charge in [-0.25, -0.2) is 4.79 Å². The molecule has 0 saturated carbocycles. The van der Waals surface area contributed by atoms with Crippen LogP contribution in [0.2, 0.25) is 5.02 Å². The predicted molar refractivity (Wildman–Crippen MR) is 90.3 cm³/mol. The highest BCUT2D eigenvalue weighted by Gasteiger charge is 2.34. The summed E-state index contributed by atoms with van der Waals surface area (Å²) >= 11 is 6.05. The summed E-state index contributed by atoms with van der Waals surface area (Å²) in [5.74, 6) is -1.79. The maximum absolute atomic E-state index is 12.6. The number of anilines is 2. The Labute approximate surface area is 145 Å². The maximum Gasteiger partial charge on any atom is 0.327 e. The number of benzene rings is 1. The number of aromatic amines is 2. The first kappa shape index (κ1) is 16.8. The molecule has 1 aromatic heterocycles. The van der Waals surface area contributed by atoms with Crippen LogP contribution < -0.4 is 26.6 Å². The molecule has 0 aliphatic carbocycles.